The Bertz CT molecular complexity index is 747. The predicted molar refractivity (Wildman–Crippen MR) is 104 cm³/mol. The molecule has 3 rings (SSSR count). The Hall–Kier alpha value is -1.58. The highest BCUT2D eigenvalue weighted by atomic mass is 16.7. The van der Waals surface area contributed by atoms with Crippen molar-refractivity contribution in [2.75, 3.05) is 13.2 Å². The monoisotopic (exact) mass is 462 g/mol. The van der Waals surface area contributed by atoms with Crippen molar-refractivity contribution < 1.29 is 59.8 Å². The summed E-state index contributed by atoms with van der Waals surface area (Å²) in [6.07, 6.45) is -13.7. The van der Waals surface area contributed by atoms with Crippen molar-refractivity contribution in [1.29, 1.82) is 0 Å². The number of aromatic hydroxyl groups is 2. The van der Waals surface area contributed by atoms with Crippen LogP contribution in [0.2, 0.25) is 0 Å². The summed E-state index contributed by atoms with van der Waals surface area (Å²) < 4.78 is 21.8. The summed E-state index contributed by atoms with van der Waals surface area (Å²) in [5.74, 6) is -0.555. The number of aliphatic hydroxyl groups is 6. The number of benzene rings is 1. The first-order chi connectivity index (χ1) is 15.1. The van der Waals surface area contributed by atoms with Gasteiger partial charge in [-0.1, -0.05) is 6.07 Å². The summed E-state index contributed by atoms with van der Waals surface area (Å²) in [5.41, 5.74) is 0.636. The van der Waals surface area contributed by atoms with Crippen LogP contribution in [0, 0.1) is 0 Å². The molecule has 32 heavy (non-hydrogen) atoms. The predicted octanol–water partition coefficient (Wildman–Crippen LogP) is -2.69. The van der Waals surface area contributed by atoms with Crippen molar-refractivity contribution in [2.45, 2.75) is 74.8 Å². The zero-order chi connectivity index (χ0) is 23.6. The average molecular weight is 462 g/mol. The number of ether oxygens (including phenoxy) is 4. The molecule has 0 saturated carbocycles. The smallest absolute Gasteiger partial charge is 0.187 e. The van der Waals surface area contributed by atoms with Crippen LogP contribution in [0.4, 0.5) is 0 Å². The second kappa shape index (κ2) is 10.6. The number of phenols is 2. The molecule has 2 aliphatic heterocycles. The largest absolute Gasteiger partial charge is 0.504 e. The number of rotatable bonds is 7. The van der Waals surface area contributed by atoms with Crippen LogP contribution in [0.25, 0.3) is 0 Å². The number of aliphatic hydroxyl groups excluding tert-OH is 6. The van der Waals surface area contributed by atoms with Gasteiger partial charge in [-0.2, -0.15) is 0 Å². The Balaban J connectivity index is 1.64. The first-order valence-corrected chi connectivity index (χ1v) is 10.2. The highest BCUT2D eigenvalue weighted by Crippen LogP contribution is 2.30. The third kappa shape index (κ3) is 5.31. The standard InChI is InChI=1S/C20H30O12/c1-8-13(24)15(26)16(27)20(30-8)32-18-14(25)12(7-21)31-19(17(18)28)29-5-4-9-2-3-10(22)11(23)6-9/h2-3,6,8,12-28H,4-5,7H2,1H3/t8-,12-,13+,14-,15+,16+,17+,18+,19-,20-/m1/s1. The van der Waals surface area contributed by atoms with E-state index in [1.165, 1.54) is 19.1 Å². The molecule has 0 aromatic heterocycles. The molecule has 2 fully saturated rings. The van der Waals surface area contributed by atoms with Gasteiger partial charge in [0.1, 0.15) is 42.7 Å². The fourth-order valence-corrected chi connectivity index (χ4v) is 3.65. The second-order valence-electron chi connectivity index (χ2n) is 7.93. The van der Waals surface area contributed by atoms with Crippen molar-refractivity contribution in [3.05, 3.63) is 23.8 Å². The normalized spacial score (nSPS) is 40.3. The molecule has 12 heteroatoms. The van der Waals surface area contributed by atoms with Crippen LogP contribution < -0.4 is 0 Å². The lowest BCUT2D eigenvalue weighted by Gasteiger charge is -2.45. The van der Waals surface area contributed by atoms with Gasteiger partial charge >= 0.3 is 0 Å². The van der Waals surface area contributed by atoms with Crippen molar-refractivity contribution in [3.8, 4) is 11.5 Å². The third-order valence-electron chi connectivity index (χ3n) is 5.63. The second-order valence-corrected chi connectivity index (χ2v) is 7.93. The van der Waals surface area contributed by atoms with Crippen LogP contribution in [-0.2, 0) is 25.4 Å². The van der Waals surface area contributed by atoms with Gasteiger partial charge in [0.2, 0.25) is 0 Å². The molecule has 0 radical (unpaired) electrons. The van der Waals surface area contributed by atoms with E-state index in [1.807, 2.05) is 0 Å². The zero-order valence-electron chi connectivity index (χ0n) is 17.3. The molecule has 12 nitrogen and oxygen atoms in total. The van der Waals surface area contributed by atoms with Gasteiger partial charge < -0.3 is 59.8 Å². The Labute approximate surface area is 183 Å². The highest BCUT2D eigenvalue weighted by Gasteiger charge is 2.50. The maximum Gasteiger partial charge on any atom is 0.187 e. The Morgan fingerprint density at radius 3 is 2.22 bits per heavy atom. The molecule has 2 aliphatic rings. The Morgan fingerprint density at radius 1 is 0.844 bits per heavy atom. The number of hydrogen-bond donors (Lipinski definition) is 8. The summed E-state index contributed by atoms with van der Waals surface area (Å²) in [5, 5.41) is 79.5. The van der Waals surface area contributed by atoms with Crippen molar-refractivity contribution in [2.24, 2.45) is 0 Å². The van der Waals surface area contributed by atoms with E-state index in [4.69, 9.17) is 18.9 Å². The first-order valence-electron chi connectivity index (χ1n) is 10.2. The molecule has 2 saturated heterocycles. The fourth-order valence-electron chi connectivity index (χ4n) is 3.65. The molecule has 2 heterocycles. The summed E-state index contributed by atoms with van der Waals surface area (Å²) in [4.78, 5) is 0. The van der Waals surface area contributed by atoms with Crippen LogP contribution in [0.5, 0.6) is 11.5 Å². The Kier molecular flexibility index (Phi) is 8.27. The highest BCUT2D eigenvalue weighted by molar-refractivity contribution is 5.40. The molecular formula is C20H30O12. The molecule has 0 spiro atoms. The lowest BCUT2D eigenvalue weighted by Crippen LogP contribution is -2.64. The minimum atomic E-state index is -1.66. The summed E-state index contributed by atoms with van der Waals surface area (Å²) in [6, 6.07) is 4.25. The van der Waals surface area contributed by atoms with E-state index >= 15 is 0 Å². The van der Waals surface area contributed by atoms with Gasteiger partial charge in [-0.3, -0.25) is 0 Å². The Morgan fingerprint density at radius 2 is 1.56 bits per heavy atom. The van der Waals surface area contributed by atoms with Gasteiger partial charge in [-0.05, 0) is 31.0 Å². The first kappa shape index (κ1) is 25.1. The van der Waals surface area contributed by atoms with Gasteiger partial charge in [0.05, 0.1) is 19.3 Å². The van der Waals surface area contributed by atoms with E-state index in [0.717, 1.165) is 0 Å². The molecule has 182 valence electrons. The molecule has 0 aliphatic carbocycles. The summed E-state index contributed by atoms with van der Waals surface area (Å²) in [6.45, 7) is 0.846. The van der Waals surface area contributed by atoms with Gasteiger partial charge in [-0.15, -0.1) is 0 Å². The topological polar surface area (TPSA) is 199 Å². The fraction of sp³-hybridized carbons (Fsp3) is 0.700. The molecular weight excluding hydrogens is 432 g/mol. The minimum Gasteiger partial charge on any atom is -0.504 e. The van der Waals surface area contributed by atoms with Gasteiger partial charge in [0.15, 0.2) is 24.1 Å². The zero-order valence-corrected chi connectivity index (χ0v) is 17.3. The maximum absolute atomic E-state index is 10.7. The molecule has 10 atom stereocenters. The van der Waals surface area contributed by atoms with Gasteiger partial charge in [-0.25, -0.2) is 0 Å². The van der Waals surface area contributed by atoms with Crippen molar-refractivity contribution in [1.82, 2.24) is 0 Å². The van der Waals surface area contributed by atoms with E-state index in [9.17, 15) is 40.9 Å². The average Bonchev–Trinajstić information content (AvgIpc) is 2.77. The van der Waals surface area contributed by atoms with Crippen molar-refractivity contribution in [3.63, 3.8) is 0 Å². The molecule has 8 N–H and O–H groups in total. The lowest BCUT2D eigenvalue weighted by molar-refractivity contribution is -0.357. The number of hydrogen-bond acceptors (Lipinski definition) is 12. The van der Waals surface area contributed by atoms with Gasteiger partial charge in [0, 0.05) is 0 Å². The summed E-state index contributed by atoms with van der Waals surface area (Å²) >= 11 is 0. The lowest BCUT2D eigenvalue weighted by atomic mass is 9.97. The number of phenolic OH excluding ortho intramolecular Hbond substituents is 2. The van der Waals surface area contributed by atoms with Crippen LogP contribution in [0.15, 0.2) is 18.2 Å². The minimum absolute atomic E-state index is 0.0113. The van der Waals surface area contributed by atoms with Crippen LogP contribution in [0.1, 0.15) is 12.5 Å². The molecule has 0 amide bonds. The maximum atomic E-state index is 10.7. The van der Waals surface area contributed by atoms with E-state index in [-0.39, 0.29) is 24.5 Å². The molecule has 0 bridgehead atoms. The van der Waals surface area contributed by atoms with E-state index in [1.54, 1.807) is 6.07 Å². The van der Waals surface area contributed by atoms with Crippen LogP contribution in [0.3, 0.4) is 0 Å². The summed E-state index contributed by atoms with van der Waals surface area (Å²) in [7, 11) is 0. The van der Waals surface area contributed by atoms with E-state index in [0.29, 0.717) is 5.56 Å². The SMILES string of the molecule is C[C@H]1O[C@H](O[C@@H]2[C@H](O)[C@H](OCCc3ccc(O)c(O)c3)O[C@H](CO)[C@H]2O)[C@@H](O)[C@@H](O)[C@H]1O. The van der Waals surface area contributed by atoms with E-state index in [2.05, 4.69) is 0 Å². The third-order valence-corrected chi connectivity index (χ3v) is 5.63. The van der Waals surface area contributed by atoms with Gasteiger partial charge in [0.25, 0.3) is 0 Å². The molecule has 1 aromatic rings. The quantitative estimate of drug-likeness (QED) is 0.196. The van der Waals surface area contributed by atoms with E-state index < -0.39 is 68.0 Å². The van der Waals surface area contributed by atoms with Crippen molar-refractivity contribution >= 4 is 0 Å². The molecule has 0 unspecified atom stereocenters. The van der Waals surface area contributed by atoms with Crippen LogP contribution >= 0.6 is 0 Å². The molecule has 1 aromatic carbocycles. The van der Waals surface area contributed by atoms with Crippen LogP contribution in [-0.4, -0.2) is 115 Å².